The highest BCUT2D eigenvalue weighted by atomic mass is 19.1. The minimum Gasteiger partial charge on any atom is -0.508 e. The van der Waals surface area contributed by atoms with Crippen LogP contribution in [0.15, 0.2) is 60.9 Å². The minimum atomic E-state index is -0.569. The molecule has 5 heterocycles. The average molecular weight is 537 g/mol. The van der Waals surface area contributed by atoms with Gasteiger partial charge in [-0.25, -0.2) is 4.39 Å². The third-order valence-electron chi connectivity index (χ3n) is 7.95. The van der Waals surface area contributed by atoms with Crippen molar-refractivity contribution < 1.29 is 14.2 Å². The molecule has 2 N–H and O–H groups in total. The predicted molar refractivity (Wildman–Crippen MR) is 152 cm³/mol. The largest absolute Gasteiger partial charge is 0.508 e. The lowest BCUT2D eigenvalue weighted by Gasteiger charge is -2.34. The molecule has 5 aromatic rings. The Labute approximate surface area is 230 Å². The van der Waals surface area contributed by atoms with E-state index in [1.54, 1.807) is 24.5 Å². The zero-order valence-electron chi connectivity index (χ0n) is 22.1. The molecule has 0 saturated carbocycles. The van der Waals surface area contributed by atoms with Crippen molar-refractivity contribution in [3.8, 4) is 23.0 Å². The molecule has 0 radical (unpaired) electrons. The molecule has 0 spiro atoms. The molecule has 3 aromatic heterocycles. The van der Waals surface area contributed by atoms with E-state index in [1.807, 2.05) is 43.3 Å². The molecular weight excluding hydrogens is 507 g/mol. The number of aromatic nitrogens is 4. The molecule has 0 aliphatic carbocycles. The number of phenols is 1. The van der Waals surface area contributed by atoms with Crippen LogP contribution < -0.4 is 15.0 Å². The fourth-order valence-corrected chi connectivity index (χ4v) is 5.99. The van der Waals surface area contributed by atoms with Gasteiger partial charge in [-0.05, 0) is 54.3 Å². The van der Waals surface area contributed by atoms with E-state index in [-0.39, 0.29) is 23.0 Å². The van der Waals surface area contributed by atoms with Gasteiger partial charge in [-0.3, -0.25) is 9.97 Å². The maximum atomic E-state index is 16.4. The summed E-state index contributed by atoms with van der Waals surface area (Å²) in [5.41, 5.74) is 2.80. The number of hydrogen-bond donors (Lipinski definition) is 2. The van der Waals surface area contributed by atoms with Gasteiger partial charge in [0.2, 0.25) is 0 Å². The number of pyridine rings is 2. The standard InChI is InChI=1S/C31H29FN6O2/c1-18-5-4-11-33-26(18)10-12-40-31-36-29-25(30(37-31)38-16-20-8-9-21(17-38)35-20)15-34-28(27(29)32)24-14-22(39)13-19-6-2-3-7-23(19)24/h2-7,11,13-15,20-21,35,39H,8-10,12,16-17H2,1H3. The molecule has 202 valence electrons. The van der Waals surface area contributed by atoms with Crippen LogP contribution in [0.5, 0.6) is 11.8 Å². The minimum absolute atomic E-state index is 0.0449. The summed E-state index contributed by atoms with van der Waals surface area (Å²) in [6.45, 7) is 3.87. The average Bonchev–Trinajstić information content (AvgIpc) is 3.30. The van der Waals surface area contributed by atoms with E-state index in [0.29, 0.717) is 41.9 Å². The number of benzene rings is 2. The summed E-state index contributed by atoms with van der Waals surface area (Å²) in [5.74, 6) is 0.107. The van der Waals surface area contributed by atoms with Gasteiger partial charge in [-0.15, -0.1) is 0 Å². The Hall–Kier alpha value is -4.37. The highest BCUT2D eigenvalue weighted by Crippen LogP contribution is 2.37. The van der Waals surface area contributed by atoms with Crippen molar-refractivity contribution in [3.63, 3.8) is 0 Å². The Bertz CT molecular complexity index is 1730. The van der Waals surface area contributed by atoms with Crippen molar-refractivity contribution in [2.24, 2.45) is 0 Å². The normalized spacial score (nSPS) is 18.5. The van der Waals surface area contributed by atoms with Gasteiger partial charge < -0.3 is 20.1 Å². The first-order valence-corrected chi connectivity index (χ1v) is 13.7. The lowest BCUT2D eigenvalue weighted by atomic mass is 10.0. The highest BCUT2D eigenvalue weighted by molar-refractivity contribution is 5.99. The summed E-state index contributed by atoms with van der Waals surface area (Å²) in [6, 6.07) is 15.5. The van der Waals surface area contributed by atoms with Crippen molar-refractivity contribution in [3.05, 3.63) is 78.0 Å². The van der Waals surface area contributed by atoms with Gasteiger partial charge in [0.25, 0.3) is 0 Å². The zero-order chi connectivity index (χ0) is 27.2. The summed E-state index contributed by atoms with van der Waals surface area (Å²) in [5, 5.41) is 16.2. The van der Waals surface area contributed by atoms with Crippen LogP contribution in [0.2, 0.25) is 0 Å². The summed E-state index contributed by atoms with van der Waals surface area (Å²) < 4.78 is 22.4. The summed E-state index contributed by atoms with van der Waals surface area (Å²) in [7, 11) is 0. The van der Waals surface area contributed by atoms with E-state index in [2.05, 4.69) is 25.2 Å². The number of piperazine rings is 1. The fraction of sp³-hybridized carbons (Fsp3) is 0.290. The molecule has 2 bridgehead atoms. The number of ether oxygens (including phenoxy) is 1. The van der Waals surface area contributed by atoms with Crippen molar-refractivity contribution in [2.45, 2.75) is 38.3 Å². The second-order valence-electron chi connectivity index (χ2n) is 10.6. The number of anilines is 1. The maximum Gasteiger partial charge on any atom is 0.319 e. The fourth-order valence-electron chi connectivity index (χ4n) is 5.99. The lowest BCUT2D eigenvalue weighted by Crippen LogP contribution is -2.51. The molecule has 7 rings (SSSR count). The Balaban J connectivity index is 1.32. The van der Waals surface area contributed by atoms with E-state index in [9.17, 15) is 5.11 Å². The Kier molecular flexibility index (Phi) is 6.15. The van der Waals surface area contributed by atoms with Gasteiger partial charge >= 0.3 is 6.01 Å². The molecule has 2 aliphatic rings. The van der Waals surface area contributed by atoms with Gasteiger partial charge in [0, 0.05) is 55.2 Å². The molecule has 2 aliphatic heterocycles. The molecule has 2 saturated heterocycles. The smallest absolute Gasteiger partial charge is 0.319 e. The SMILES string of the molecule is Cc1cccnc1CCOc1nc(N2CC3CCC(C2)N3)c2cnc(-c3cc(O)cc4ccccc34)c(F)c2n1. The third-order valence-corrected chi connectivity index (χ3v) is 7.95. The van der Waals surface area contributed by atoms with Crippen LogP contribution in [-0.2, 0) is 6.42 Å². The number of halogens is 1. The monoisotopic (exact) mass is 536 g/mol. The Morgan fingerprint density at radius 3 is 2.67 bits per heavy atom. The predicted octanol–water partition coefficient (Wildman–Crippen LogP) is 4.96. The second-order valence-corrected chi connectivity index (χ2v) is 10.6. The number of nitrogens with zero attached hydrogens (tertiary/aromatic N) is 5. The number of hydrogen-bond acceptors (Lipinski definition) is 8. The highest BCUT2D eigenvalue weighted by Gasteiger charge is 2.34. The maximum absolute atomic E-state index is 16.4. The van der Waals surface area contributed by atoms with Gasteiger partial charge in [0.05, 0.1) is 12.0 Å². The first-order valence-electron chi connectivity index (χ1n) is 13.7. The molecule has 2 unspecified atom stereocenters. The Morgan fingerprint density at radius 1 is 1.02 bits per heavy atom. The summed E-state index contributed by atoms with van der Waals surface area (Å²) in [4.78, 5) is 20.5. The molecule has 2 fully saturated rings. The van der Waals surface area contributed by atoms with E-state index in [0.717, 1.165) is 48.0 Å². The molecular formula is C31H29FN6O2. The number of aromatic hydroxyl groups is 1. The quantitative estimate of drug-likeness (QED) is 0.315. The lowest BCUT2D eigenvalue weighted by molar-refractivity contribution is 0.295. The molecule has 2 aromatic carbocycles. The first kappa shape index (κ1) is 24.7. The molecule has 40 heavy (non-hydrogen) atoms. The van der Waals surface area contributed by atoms with Gasteiger partial charge in [0.1, 0.15) is 22.8 Å². The van der Waals surface area contributed by atoms with Gasteiger partial charge in [-0.1, -0.05) is 30.3 Å². The number of rotatable bonds is 6. The number of nitrogens with one attached hydrogen (secondary N) is 1. The first-order chi connectivity index (χ1) is 19.5. The van der Waals surface area contributed by atoms with Crippen molar-refractivity contribution in [2.75, 3.05) is 24.6 Å². The topological polar surface area (TPSA) is 96.3 Å². The van der Waals surface area contributed by atoms with E-state index >= 15 is 4.39 Å². The van der Waals surface area contributed by atoms with E-state index in [4.69, 9.17) is 9.72 Å². The van der Waals surface area contributed by atoms with Crippen LogP contribution in [0.1, 0.15) is 24.1 Å². The van der Waals surface area contributed by atoms with Crippen LogP contribution in [0.3, 0.4) is 0 Å². The van der Waals surface area contributed by atoms with E-state index < -0.39 is 5.82 Å². The summed E-state index contributed by atoms with van der Waals surface area (Å²) in [6.07, 6.45) is 6.21. The number of aryl methyl sites for hydroxylation is 1. The van der Waals surface area contributed by atoms with Crippen LogP contribution >= 0.6 is 0 Å². The van der Waals surface area contributed by atoms with Gasteiger partial charge in [-0.2, -0.15) is 9.97 Å². The second kappa shape index (κ2) is 9.98. The van der Waals surface area contributed by atoms with Gasteiger partial charge in [0.15, 0.2) is 5.82 Å². The summed E-state index contributed by atoms with van der Waals surface area (Å²) >= 11 is 0. The Morgan fingerprint density at radius 2 is 1.85 bits per heavy atom. The number of fused-ring (bicyclic) bond motifs is 4. The third kappa shape index (κ3) is 4.46. The van der Waals surface area contributed by atoms with Crippen LogP contribution in [-0.4, -0.2) is 56.8 Å². The molecule has 8 nitrogen and oxygen atoms in total. The van der Waals surface area contributed by atoms with Crippen molar-refractivity contribution >= 4 is 27.5 Å². The molecule has 0 amide bonds. The zero-order valence-corrected chi connectivity index (χ0v) is 22.1. The van der Waals surface area contributed by atoms with Crippen LogP contribution in [0, 0.1) is 12.7 Å². The van der Waals surface area contributed by atoms with Crippen molar-refractivity contribution in [1.29, 1.82) is 0 Å². The molecule has 9 heteroatoms. The molecule has 2 atom stereocenters. The number of phenolic OH excluding ortho intramolecular Hbond substituents is 1. The van der Waals surface area contributed by atoms with E-state index in [1.165, 1.54) is 0 Å². The van der Waals surface area contributed by atoms with Crippen molar-refractivity contribution in [1.82, 2.24) is 25.3 Å². The van der Waals surface area contributed by atoms with Crippen LogP contribution in [0.25, 0.3) is 32.9 Å². The van der Waals surface area contributed by atoms with Crippen LogP contribution in [0.4, 0.5) is 10.2 Å².